The first-order chi connectivity index (χ1) is 67.5. The van der Waals surface area contributed by atoms with Gasteiger partial charge in [0.1, 0.15) is 121 Å². The van der Waals surface area contributed by atoms with E-state index < -0.39 is 350 Å². The number of benzene rings is 1. The third-order valence-corrected chi connectivity index (χ3v) is 22.2. The second-order valence-corrected chi connectivity index (χ2v) is 36.1. The van der Waals surface area contributed by atoms with Gasteiger partial charge in [0.15, 0.2) is 0 Å². The molecule has 56 nitrogen and oxygen atoms in total. The van der Waals surface area contributed by atoms with E-state index in [4.69, 9.17) is 28.0 Å². The Morgan fingerprint density at radius 1 is 0.317 bits per heavy atom. The van der Waals surface area contributed by atoms with Crippen LogP contribution in [-0.2, 0) is 131 Å². The molecule has 21 atom stereocenters. The molecule has 0 aliphatic rings. The van der Waals surface area contributed by atoms with Gasteiger partial charge in [-0.15, -0.1) is 0 Å². The van der Waals surface area contributed by atoms with E-state index in [2.05, 4.69) is 114 Å². The summed E-state index contributed by atoms with van der Waals surface area (Å²) in [6.07, 6.45) is -6.40. The van der Waals surface area contributed by atoms with Gasteiger partial charge in [-0.3, -0.25) is 125 Å². The molecule has 0 aromatic heterocycles. The predicted octanol–water partition coefficient (Wildman–Crippen LogP) is -10.0. The number of thiol groups is 1. The number of aliphatic hydroxyl groups is 1. The van der Waals surface area contributed by atoms with Gasteiger partial charge in [-0.2, -0.15) is 12.6 Å². The highest BCUT2D eigenvalue weighted by molar-refractivity contribution is 7.80. The number of carboxylic acid groups (broad SMARTS) is 5. The molecule has 1 aromatic rings. The average Bonchev–Trinajstić information content (AvgIpc) is 0.846. The number of aromatic hydroxyl groups is 1. The summed E-state index contributed by atoms with van der Waals surface area (Å²) < 4.78 is 0. The molecule has 0 fully saturated rings. The molecule has 0 unspecified atom stereocenters. The molecule has 1 aromatic carbocycles. The molecule has 812 valence electrons. The number of aliphatic hydroxyl groups excluding tert-OH is 1. The number of nitrogens with two attached hydrogens (primary N) is 4. The monoisotopic (exact) mass is 2080 g/mol. The second kappa shape index (κ2) is 64.2. The van der Waals surface area contributed by atoms with E-state index in [1.165, 1.54) is 58.9 Å². The molecular weight excluding hydrogens is 1940 g/mol. The van der Waals surface area contributed by atoms with Crippen LogP contribution in [0.15, 0.2) is 24.3 Å². The van der Waals surface area contributed by atoms with Crippen molar-refractivity contribution in [2.45, 2.75) is 314 Å². The van der Waals surface area contributed by atoms with Crippen LogP contribution in [0, 0.1) is 23.7 Å². The van der Waals surface area contributed by atoms with E-state index in [0.717, 1.165) is 27.7 Å². The second-order valence-electron chi connectivity index (χ2n) is 35.8. The minimum absolute atomic E-state index is 0.0346. The Labute approximate surface area is 839 Å². The van der Waals surface area contributed by atoms with Gasteiger partial charge in [0.05, 0.1) is 38.3 Å². The number of amides is 21. The lowest BCUT2D eigenvalue weighted by molar-refractivity contribution is -0.142. The van der Waals surface area contributed by atoms with Crippen LogP contribution in [0.3, 0.4) is 0 Å². The number of primary amides is 2. The first-order valence-electron chi connectivity index (χ1n) is 46.4. The minimum atomic E-state index is -2.13. The zero-order valence-electron chi connectivity index (χ0n) is 82.9. The standard InChI is InChI=1S/C88H141N23O33S/c1-15-40(8)68(87(142)97-42(10)70(125)93-43(11)71(126)99-50(18-16-17-27-89)76(131)102-53(28-37(2)3)80(135)101-51(23-25-61(91)114)75(130)98-46(14)88(143)144)111-83(138)58(34-66(122)123)106-84(139)59(35-112)108-85(140)60(36-145)109-72(127)44(12)94-69(124)41(9)95-78(133)55(30-47-19-21-48(113)22-20-47)107-86(141)67(39(6)7)110-73(128)45(13)96-79(134)57(33-65(120)121)105-82(137)56(32-62(92)115)104-81(136)54(29-38(4)5)103-77(132)52(24-26-63(116)117)100-74(129)49(90)31-64(118)119/h19-22,37-46,49-60,67-68,112-113,145H,15-18,23-36,89-90H2,1-14H3,(H2,91,114)(H2,92,115)(H,93,125)(H,94,124)(H,95,133)(H,96,134)(H,97,142)(H,98,130)(H,99,126)(H,100,129)(H,101,135)(H,102,131)(H,103,132)(H,104,136)(H,105,137)(H,106,139)(H,107,141)(H,108,140)(H,109,127)(H,110,128)(H,111,138)(H,116,117)(H,118,119)(H,120,121)(H,122,123)(H,143,144)/t40-,41-,42-,43-,44-,45-,46-,49-,50-,51-,52-,53-,54-,55-,56-,57-,58-,59-,60-,67-,68-/m0/s1. The summed E-state index contributed by atoms with van der Waals surface area (Å²) in [5.74, 6) is -34.6. The molecule has 57 heteroatoms. The van der Waals surface area contributed by atoms with Gasteiger partial charge in [-0.25, -0.2) is 0 Å². The predicted molar refractivity (Wildman–Crippen MR) is 511 cm³/mol. The molecule has 0 aliphatic carbocycles. The maximum Gasteiger partial charge on any atom is 0.325 e. The third kappa shape index (κ3) is 48.4. The van der Waals surface area contributed by atoms with Crippen molar-refractivity contribution in [3.05, 3.63) is 29.8 Å². The quantitative estimate of drug-likeness (QED) is 0.0213. The molecule has 0 bridgehead atoms. The van der Waals surface area contributed by atoms with Gasteiger partial charge in [-0.1, -0.05) is 73.9 Å². The van der Waals surface area contributed by atoms with E-state index in [-0.39, 0.29) is 63.2 Å². The Morgan fingerprint density at radius 2 is 0.628 bits per heavy atom. The zero-order valence-corrected chi connectivity index (χ0v) is 83.8. The summed E-state index contributed by atoms with van der Waals surface area (Å²) in [5, 5.41) is 112. The van der Waals surface area contributed by atoms with E-state index >= 15 is 0 Å². The van der Waals surface area contributed by atoms with Crippen LogP contribution in [0.5, 0.6) is 5.75 Å². The van der Waals surface area contributed by atoms with Gasteiger partial charge in [-0.05, 0) is 134 Å². The molecule has 0 heterocycles. The lowest BCUT2D eigenvalue weighted by Gasteiger charge is -2.28. The van der Waals surface area contributed by atoms with Crippen molar-refractivity contribution in [1.82, 2.24) is 101 Å². The van der Waals surface area contributed by atoms with Gasteiger partial charge in [0.25, 0.3) is 0 Å². The number of carbonyl (C=O) groups excluding carboxylic acids is 21. The Balaban J connectivity index is 3.37. The molecule has 0 saturated heterocycles. The van der Waals surface area contributed by atoms with Crippen LogP contribution in [0.4, 0.5) is 0 Å². The summed E-state index contributed by atoms with van der Waals surface area (Å²) in [6.45, 7) is 18.4. The number of phenolic OH excluding ortho intramolecular Hbond substituents is 1. The number of unbranched alkanes of at least 4 members (excludes halogenated alkanes) is 1. The van der Waals surface area contributed by atoms with Crippen LogP contribution < -0.4 is 124 Å². The minimum Gasteiger partial charge on any atom is -0.508 e. The molecule has 145 heavy (non-hydrogen) atoms. The largest absolute Gasteiger partial charge is 0.508 e. The number of hydrogen-bond acceptors (Lipinski definition) is 31. The fourth-order valence-corrected chi connectivity index (χ4v) is 13.6. The van der Waals surface area contributed by atoms with Crippen LogP contribution in [0.1, 0.15) is 192 Å². The third-order valence-electron chi connectivity index (χ3n) is 21.8. The lowest BCUT2D eigenvalue weighted by atomic mass is 9.97. The van der Waals surface area contributed by atoms with Crippen molar-refractivity contribution in [3.8, 4) is 5.75 Å². The van der Waals surface area contributed by atoms with E-state index in [9.17, 15) is 155 Å². The molecule has 0 radical (unpaired) electrons. The van der Waals surface area contributed by atoms with Crippen molar-refractivity contribution in [1.29, 1.82) is 0 Å². The van der Waals surface area contributed by atoms with Crippen molar-refractivity contribution < 1.29 is 160 Å². The van der Waals surface area contributed by atoms with Crippen molar-refractivity contribution >= 4 is 167 Å². The highest BCUT2D eigenvalue weighted by Gasteiger charge is 2.42. The molecule has 0 aliphatic heterocycles. The van der Waals surface area contributed by atoms with Crippen molar-refractivity contribution in [2.24, 2.45) is 46.6 Å². The highest BCUT2D eigenvalue weighted by atomic mass is 32.1. The summed E-state index contributed by atoms with van der Waals surface area (Å²) >= 11 is 4.12. The van der Waals surface area contributed by atoms with Gasteiger partial charge < -0.3 is 160 Å². The first-order valence-corrected chi connectivity index (χ1v) is 47.0. The van der Waals surface area contributed by atoms with Gasteiger partial charge in [0.2, 0.25) is 124 Å². The van der Waals surface area contributed by atoms with E-state index in [0.29, 0.717) is 12.0 Å². The number of rotatable bonds is 68. The molecule has 21 amide bonds. The summed E-state index contributed by atoms with van der Waals surface area (Å²) in [6, 6.07) is -28.2. The highest BCUT2D eigenvalue weighted by Crippen LogP contribution is 2.18. The molecule has 1 rings (SSSR count). The number of carbonyl (C=O) groups is 26. The number of aliphatic carboxylic acids is 5. The Kier molecular flexibility index (Phi) is 56.9. The fourth-order valence-electron chi connectivity index (χ4n) is 13.3. The Morgan fingerprint density at radius 3 is 1.03 bits per heavy atom. The summed E-state index contributed by atoms with van der Waals surface area (Å²) in [4.78, 5) is 345. The first kappa shape index (κ1) is 128. The van der Waals surface area contributed by atoms with Gasteiger partial charge in [0, 0.05) is 25.0 Å². The molecule has 0 spiro atoms. The zero-order chi connectivity index (χ0) is 111. The van der Waals surface area contributed by atoms with Gasteiger partial charge >= 0.3 is 29.8 Å². The number of nitrogens with one attached hydrogen (secondary N) is 19. The van der Waals surface area contributed by atoms with Crippen LogP contribution in [-0.4, -0.2) is 329 Å². The summed E-state index contributed by atoms with van der Waals surface area (Å²) in [7, 11) is 0. The Hall–Kier alpha value is -14.5. The molecule has 34 N–H and O–H groups in total. The number of phenols is 1. The van der Waals surface area contributed by atoms with Crippen LogP contribution >= 0.6 is 12.6 Å². The van der Waals surface area contributed by atoms with E-state index in [1.807, 2.05) is 0 Å². The SMILES string of the molecule is CC[C@H](C)[C@H](NC(=O)[C@H](CC(=O)O)NC(=O)[C@H](CO)NC(=O)[C@H](CS)NC(=O)[C@H](C)NC(=O)[C@H](C)NC(=O)[C@H](Cc1ccc(O)cc1)NC(=O)[C@@H](NC(=O)[C@H](C)NC(=O)[C@H](CC(=O)O)NC(=O)[C@H](CC(N)=O)NC(=O)[C@H](CC(C)C)NC(=O)[C@H](CCC(=O)O)NC(=O)[C@@H](N)CC(=O)O)C(C)C)C(=O)N[C@@H](C)C(=O)N[C@@H](C)C(=O)N[C@@H](CCCCN)C(=O)N[C@@H](CC(C)C)C(=O)N[C@@H](CCC(N)=O)C(=O)N[C@@H](C)C(=O)O. The smallest absolute Gasteiger partial charge is 0.325 e. The molecule has 0 saturated carbocycles. The number of hydrogen-bond donors (Lipinski definition) is 31. The Bertz CT molecular complexity index is 4740. The van der Waals surface area contributed by atoms with E-state index in [1.54, 1.807) is 34.6 Å². The fraction of sp³-hybridized carbons (Fsp3) is 0.636. The topological polar surface area (TPSA) is 918 Å². The average molecular weight is 2080 g/mol. The number of carboxylic acids is 5. The van der Waals surface area contributed by atoms with Crippen LogP contribution in [0.25, 0.3) is 0 Å². The molecular formula is C88H141N23O33S. The maximum absolute atomic E-state index is 14.3. The summed E-state index contributed by atoms with van der Waals surface area (Å²) in [5.41, 5.74) is 22.3. The van der Waals surface area contributed by atoms with Crippen LogP contribution in [0.2, 0.25) is 0 Å². The van der Waals surface area contributed by atoms with Crippen molar-refractivity contribution in [3.63, 3.8) is 0 Å². The lowest BCUT2D eigenvalue weighted by Crippen LogP contribution is -2.62. The maximum atomic E-state index is 14.3. The van der Waals surface area contributed by atoms with Crippen molar-refractivity contribution in [2.75, 3.05) is 18.9 Å². The normalized spacial score (nSPS) is 15.5.